The quantitative estimate of drug-likeness (QED) is 0.774. The number of rotatable bonds is 4. The highest BCUT2D eigenvalue weighted by Crippen LogP contribution is 2.24. The highest BCUT2D eigenvalue weighted by atomic mass is 79.9. The SMILES string of the molecule is COC(=O)c1ccc(COc2cccc(F)c2F)c(Br)c1. The molecule has 0 bridgehead atoms. The monoisotopic (exact) mass is 356 g/mol. The van der Waals surface area contributed by atoms with Crippen LogP contribution in [0, 0.1) is 11.6 Å². The Morgan fingerprint density at radius 2 is 2.00 bits per heavy atom. The summed E-state index contributed by atoms with van der Waals surface area (Å²) in [5.74, 6) is -2.62. The van der Waals surface area contributed by atoms with Crippen molar-refractivity contribution in [2.45, 2.75) is 6.61 Å². The van der Waals surface area contributed by atoms with Crippen LogP contribution in [0.5, 0.6) is 5.75 Å². The van der Waals surface area contributed by atoms with E-state index in [1.54, 1.807) is 18.2 Å². The highest BCUT2D eigenvalue weighted by molar-refractivity contribution is 9.10. The van der Waals surface area contributed by atoms with E-state index in [1.165, 1.54) is 19.2 Å². The van der Waals surface area contributed by atoms with Crippen molar-refractivity contribution < 1.29 is 23.0 Å². The van der Waals surface area contributed by atoms with Crippen LogP contribution in [0.15, 0.2) is 40.9 Å². The lowest BCUT2D eigenvalue weighted by atomic mass is 10.1. The maximum atomic E-state index is 13.4. The minimum absolute atomic E-state index is 0.0302. The largest absolute Gasteiger partial charge is 0.486 e. The van der Waals surface area contributed by atoms with E-state index < -0.39 is 17.6 Å². The van der Waals surface area contributed by atoms with Gasteiger partial charge in [-0.25, -0.2) is 9.18 Å². The molecule has 0 saturated heterocycles. The van der Waals surface area contributed by atoms with Crippen LogP contribution in [0.2, 0.25) is 0 Å². The van der Waals surface area contributed by atoms with E-state index in [4.69, 9.17) is 4.74 Å². The van der Waals surface area contributed by atoms with Gasteiger partial charge in [-0.2, -0.15) is 4.39 Å². The summed E-state index contributed by atoms with van der Waals surface area (Å²) in [6.45, 7) is 0.0302. The normalized spacial score (nSPS) is 10.3. The fourth-order valence-electron chi connectivity index (χ4n) is 1.66. The predicted molar refractivity (Wildman–Crippen MR) is 76.2 cm³/mol. The van der Waals surface area contributed by atoms with E-state index in [0.717, 1.165) is 6.07 Å². The summed E-state index contributed by atoms with van der Waals surface area (Å²) in [4.78, 5) is 11.4. The molecule has 0 aliphatic rings. The molecule has 0 aromatic heterocycles. The zero-order chi connectivity index (χ0) is 15.4. The molecule has 0 radical (unpaired) electrons. The number of esters is 1. The molecular weight excluding hydrogens is 346 g/mol. The third-order valence-corrected chi connectivity index (χ3v) is 3.51. The minimum Gasteiger partial charge on any atom is -0.486 e. The number of halogens is 3. The van der Waals surface area contributed by atoms with Gasteiger partial charge in [-0.15, -0.1) is 0 Å². The Morgan fingerprint density at radius 3 is 2.67 bits per heavy atom. The molecule has 0 aliphatic carbocycles. The number of carbonyl (C=O) groups is 1. The first kappa shape index (κ1) is 15.4. The number of ether oxygens (including phenoxy) is 2. The maximum absolute atomic E-state index is 13.4. The number of methoxy groups -OCH3 is 1. The van der Waals surface area contributed by atoms with Gasteiger partial charge < -0.3 is 9.47 Å². The average Bonchev–Trinajstić information content (AvgIpc) is 2.49. The third-order valence-electron chi connectivity index (χ3n) is 2.77. The van der Waals surface area contributed by atoms with Gasteiger partial charge in [0.15, 0.2) is 11.6 Å². The molecule has 6 heteroatoms. The van der Waals surface area contributed by atoms with Crippen LogP contribution < -0.4 is 4.74 Å². The zero-order valence-electron chi connectivity index (χ0n) is 11.0. The summed E-state index contributed by atoms with van der Waals surface area (Å²) < 4.78 is 37.0. The molecule has 0 heterocycles. The lowest BCUT2D eigenvalue weighted by Gasteiger charge is -2.10. The van der Waals surface area contributed by atoms with Gasteiger partial charge in [0.25, 0.3) is 0 Å². The van der Waals surface area contributed by atoms with E-state index in [1.807, 2.05) is 0 Å². The summed E-state index contributed by atoms with van der Waals surface area (Å²) in [5.41, 5.74) is 1.07. The first-order valence-corrected chi connectivity index (χ1v) is 6.75. The second-order valence-electron chi connectivity index (χ2n) is 4.14. The second kappa shape index (κ2) is 6.67. The topological polar surface area (TPSA) is 35.5 Å². The molecule has 0 fully saturated rings. The number of hydrogen-bond acceptors (Lipinski definition) is 3. The molecule has 0 aliphatic heterocycles. The molecule has 2 aromatic rings. The van der Waals surface area contributed by atoms with Crippen LogP contribution in [0.25, 0.3) is 0 Å². The molecule has 21 heavy (non-hydrogen) atoms. The minimum atomic E-state index is -1.03. The Morgan fingerprint density at radius 1 is 1.24 bits per heavy atom. The van der Waals surface area contributed by atoms with E-state index in [-0.39, 0.29) is 12.4 Å². The van der Waals surface area contributed by atoms with E-state index in [2.05, 4.69) is 20.7 Å². The Kier molecular flexibility index (Phi) is 4.90. The van der Waals surface area contributed by atoms with Crippen LogP contribution in [-0.4, -0.2) is 13.1 Å². The first-order valence-electron chi connectivity index (χ1n) is 5.96. The Balaban J connectivity index is 2.13. The van der Waals surface area contributed by atoms with Gasteiger partial charge in [0.2, 0.25) is 5.82 Å². The van der Waals surface area contributed by atoms with Crippen molar-refractivity contribution in [2.75, 3.05) is 7.11 Å². The van der Waals surface area contributed by atoms with Crippen LogP contribution in [0.3, 0.4) is 0 Å². The van der Waals surface area contributed by atoms with Crippen molar-refractivity contribution in [3.63, 3.8) is 0 Å². The van der Waals surface area contributed by atoms with Gasteiger partial charge in [0.1, 0.15) is 6.61 Å². The van der Waals surface area contributed by atoms with Gasteiger partial charge in [0.05, 0.1) is 12.7 Å². The lowest BCUT2D eigenvalue weighted by molar-refractivity contribution is 0.0600. The average molecular weight is 357 g/mol. The number of carbonyl (C=O) groups excluding carboxylic acids is 1. The molecule has 0 saturated carbocycles. The predicted octanol–water partition coefficient (Wildman–Crippen LogP) is 4.09. The molecular formula is C15H11BrF2O3. The summed E-state index contributed by atoms with van der Waals surface area (Å²) in [6, 6.07) is 8.51. The Bertz CT molecular complexity index is 674. The smallest absolute Gasteiger partial charge is 0.337 e. The first-order chi connectivity index (χ1) is 10.0. The van der Waals surface area contributed by atoms with E-state index in [9.17, 15) is 13.6 Å². The molecule has 2 rings (SSSR count). The molecule has 3 nitrogen and oxygen atoms in total. The Hall–Kier alpha value is -1.95. The molecule has 110 valence electrons. The molecule has 0 N–H and O–H groups in total. The Labute approximate surface area is 128 Å². The van der Waals surface area contributed by atoms with Crippen LogP contribution in [0.4, 0.5) is 8.78 Å². The molecule has 0 spiro atoms. The van der Waals surface area contributed by atoms with Crippen molar-refractivity contribution in [2.24, 2.45) is 0 Å². The highest BCUT2D eigenvalue weighted by Gasteiger charge is 2.11. The van der Waals surface area contributed by atoms with Crippen molar-refractivity contribution in [3.8, 4) is 5.75 Å². The zero-order valence-corrected chi connectivity index (χ0v) is 12.6. The standard InChI is InChI=1S/C15H11BrF2O3/c1-20-15(19)9-5-6-10(11(16)7-9)8-21-13-4-2-3-12(17)14(13)18/h2-7H,8H2,1H3. The fourth-order valence-corrected chi connectivity index (χ4v) is 2.15. The molecule has 0 amide bonds. The summed E-state index contributed by atoms with van der Waals surface area (Å²) in [5, 5.41) is 0. The van der Waals surface area contributed by atoms with Gasteiger partial charge in [0, 0.05) is 10.0 Å². The van der Waals surface area contributed by atoms with E-state index in [0.29, 0.717) is 15.6 Å². The molecule has 0 unspecified atom stereocenters. The van der Waals surface area contributed by atoms with Crippen molar-refractivity contribution in [1.82, 2.24) is 0 Å². The number of hydrogen-bond donors (Lipinski definition) is 0. The van der Waals surface area contributed by atoms with Gasteiger partial charge >= 0.3 is 5.97 Å². The second-order valence-corrected chi connectivity index (χ2v) is 4.99. The van der Waals surface area contributed by atoms with Crippen LogP contribution in [-0.2, 0) is 11.3 Å². The fraction of sp³-hybridized carbons (Fsp3) is 0.133. The molecule has 2 aromatic carbocycles. The third kappa shape index (κ3) is 3.58. The van der Waals surface area contributed by atoms with Crippen molar-refractivity contribution in [3.05, 3.63) is 63.6 Å². The lowest BCUT2D eigenvalue weighted by Crippen LogP contribution is -2.03. The summed E-state index contributed by atoms with van der Waals surface area (Å²) in [6.07, 6.45) is 0. The van der Waals surface area contributed by atoms with Crippen molar-refractivity contribution >= 4 is 21.9 Å². The van der Waals surface area contributed by atoms with Gasteiger partial charge in [-0.3, -0.25) is 0 Å². The van der Waals surface area contributed by atoms with Crippen LogP contribution in [0.1, 0.15) is 15.9 Å². The van der Waals surface area contributed by atoms with E-state index >= 15 is 0 Å². The molecule has 0 atom stereocenters. The van der Waals surface area contributed by atoms with Crippen LogP contribution >= 0.6 is 15.9 Å². The maximum Gasteiger partial charge on any atom is 0.337 e. The van der Waals surface area contributed by atoms with Gasteiger partial charge in [-0.1, -0.05) is 28.1 Å². The number of benzene rings is 2. The summed E-state index contributed by atoms with van der Waals surface area (Å²) >= 11 is 3.30. The van der Waals surface area contributed by atoms with Crippen molar-refractivity contribution in [1.29, 1.82) is 0 Å². The summed E-state index contributed by atoms with van der Waals surface area (Å²) in [7, 11) is 1.29. The van der Waals surface area contributed by atoms with Gasteiger partial charge in [-0.05, 0) is 24.3 Å².